The zero-order chi connectivity index (χ0) is 22.6. The van der Waals surface area contributed by atoms with Gasteiger partial charge in [-0.3, -0.25) is 14.6 Å². The number of anilines is 1. The first-order valence-electron chi connectivity index (χ1n) is 10.3. The first kappa shape index (κ1) is 22.4. The van der Waals surface area contributed by atoms with Gasteiger partial charge in [-0.15, -0.1) is 11.3 Å². The maximum absolute atomic E-state index is 12.8. The van der Waals surface area contributed by atoms with Crippen LogP contribution < -0.4 is 5.32 Å². The smallest absolute Gasteiger partial charge is 0.325 e. The Labute approximate surface area is 188 Å². The summed E-state index contributed by atoms with van der Waals surface area (Å²) in [5.41, 5.74) is 1.46. The first-order chi connectivity index (χ1) is 15.4. The van der Waals surface area contributed by atoms with Crippen LogP contribution in [0.3, 0.4) is 0 Å². The molecule has 0 radical (unpaired) electrons. The van der Waals surface area contributed by atoms with Gasteiger partial charge in [-0.1, -0.05) is 36.4 Å². The van der Waals surface area contributed by atoms with Crippen molar-refractivity contribution < 1.29 is 18.0 Å². The number of aromatic nitrogens is 1. The number of carbonyl (C=O) groups is 1. The fourth-order valence-electron chi connectivity index (χ4n) is 3.60. The van der Waals surface area contributed by atoms with E-state index in [-0.39, 0.29) is 18.1 Å². The van der Waals surface area contributed by atoms with E-state index in [2.05, 4.69) is 15.6 Å². The van der Waals surface area contributed by atoms with Crippen LogP contribution in [0.5, 0.6) is 0 Å². The molecule has 0 saturated carbocycles. The van der Waals surface area contributed by atoms with Crippen LogP contribution in [0.4, 0.5) is 18.9 Å². The molecule has 1 aromatic heterocycles. The van der Waals surface area contributed by atoms with Crippen LogP contribution in [-0.4, -0.2) is 53.4 Å². The highest BCUT2D eigenvalue weighted by Crippen LogP contribution is 2.30. The zero-order valence-corrected chi connectivity index (χ0v) is 18.1. The van der Waals surface area contributed by atoms with Gasteiger partial charge in [-0.2, -0.15) is 13.2 Å². The molecule has 1 saturated heterocycles. The fourth-order valence-corrected chi connectivity index (χ4v) is 4.44. The van der Waals surface area contributed by atoms with Gasteiger partial charge < -0.3 is 5.32 Å². The molecule has 4 rings (SSSR count). The maximum atomic E-state index is 12.8. The lowest BCUT2D eigenvalue weighted by Gasteiger charge is -2.33. The maximum Gasteiger partial charge on any atom is 0.416 e. The number of hydrogen-bond acceptors (Lipinski definition) is 5. The van der Waals surface area contributed by atoms with Gasteiger partial charge in [0.1, 0.15) is 5.01 Å². The van der Waals surface area contributed by atoms with Crippen LogP contribution >= 0.6 is 11.3 Å². The summed E-state index contributed by atoms with van der Waals surface area (Å²) in [6, 6.07) is 14.8. The first-order valence-corrected chi connectivity index (χ1v) is 11.2. The van der Waals surface area contributed by atoms with Crippen molar-refractivity contribution in [1.29, 1.82) is 0 Å². The van der Waals surface area contributed by atoms with Gasteiger partial charge >= 0.3 is 6.18 Å². The highest BCUT2D eigenvalue weighted by atomic mass is 32.1. The number of piperazine rings is 1. The minimum absolute atomic E-state index is 0.152. The SMILES string of the molecule is O=C(CN1CCN(Cc2nc(-c3ccccc3)cs2)CC1)Nc1cccc(C(F)(F)F)c1. The number of amides is 1. The van der Waals surface area contributed by atoms with Gasteiger partial charge in [0.2, 0.25) is 5.91 Å². The van der Waals surface area contributed by atoms with E-state index in [1.165, 1.54) is 12.1 Å². The average Bonchev–Trinajstić information content (AvgIpc) is 3.24. The average molecular weight is 461 g/mol. The number of benzene rings is 2. The molecule has 0 atom stereocenters. The van der Waals surface area contributed by atoms with Crippen molar-refractivity contribution >= 4 is 22.9 Å². The number of alkyl halides is 3. The number of rotatable bonds is 6. The van der Waals surface area contributed by atoms with Crippen molar-refractivity contribution in [3.63, 3.8) is 0 Å². The van der Waals surface area contributed by atoms with Crippen molar-refractivity contribution in [3.8, 4) is 11.3 Å². The lowest BCUT2D eigenvalue weighted by molar-refractivity contribution is -0.137. The Hall–Kier alpha value is -2.75. The number of nitrogens with zero attached hydrogens (tertiary/aromatic N) is 3. The number of nitrogens with one attached hydrogen (secondary N) is 1. The molecular formula is C23H23F3N4OS. The molecule has 1 fully saturated rings. The molecule has 0 spiro atoms. The minimum atomic E-state index is -4.43. The van der Waals surface area contributed by atoms with E-state index in [4.69, 9.17) is 4.98 Å². The van der Waals surface area contributed by atoms with Crippen molar-refractivity contribution in [2.45, 2.75) is 12.7 Å². The third kappa shape index (κ3) is 5.93. The Morgan fingerprint density at radius 1 is 1.00 bits per heavy atom. The number of carbonyl (C=O) groups excluding carboxylic acids is 1. The zero-order valence-electron chi connectivity index (χ0n) is 17.3. The molecule has 2 aromatic carbocycles. The van der Waals surface area contributed by atoms with Gasteiger partial charge in [0.05, 0.1) is 24.3 Å². The van der Waals surface area contributed by atoms with E-state index in [9.17, 15) is 18.0 Å². The van der Waals surface area contributed by atoms with Crippen molar-refractivity contribution in [3.05, 3.63) is 70.5 Å². The Kier molecular flexibility index (Phi) is 6.88. The molecule has 1 N–H and O–H groups in total. The molecule has 0 aliphatic carbocycles. The summed E-state index contributed by atoms with van der Waals surface area (Å²) in [4.78, 5) is 21.3. The second kappa shape index (κ2) is 9.81. The van der Waals surface area contributed by atoms with Gasteiger partial charge in [0, 0.05) is 42.8 Å². The van der Waals surface area contributed by atoms with E-state index >= 15 is 0 Å². The van der Waals surface area contributed by atoms with Crippen LogP contribution in [-0.2, 0) is 17.5 Å². The summed E-state index contributed by atoms with van der Waals surface area (Å²) in [6.07, 6.45) is -4.43. The van der Waals surface area contributed by atoms with Crippen molar-refractivity contribution in [2.24, 2.45) is 0 Å². The highest BCUT2D eigenvalue weighted by molar-refractivity contribution is 7.09. The quantitative estimate of drug-likeness (QED) is 0.585. The molecule has 5 nitrogen and oxygen atoms in total. The molecule has 1 amide bonds. The number of hydrogen-bond donors (Lipinski definition) is 1. The lowest BCUT2D eigenvalue weighted by Crippen LogP contribution is -2.48. The molecule has 3 aromatic rings. The van der Waals surface area contributed by atoms with Gasteiger partial charge in [-0.05, 0) is 18.2 Å². The minimum Gasteiger partial charge on any atom is -0.325 e. The van der Waals surface area contributed by atoms with Crippen molar-refractivity contribution in [2.75, 3.05) is 38.0 Å². The van der Waals surface area contributed by atoms with Crippen LogP contribution in [0.25, 0.3) is 11.3 Å². The summed E-state index contributed by atoms with van der Waals surface area (Å²) >= 11 is 1.64. The predicted octanol–water partition coefficient (Wildman–Crippen LogP) is 4.59. The normalized spacial score (nSPS) is 15.6. The van der Waals surface area contributed by atoms with Gasteiger partial charge in [-0.25, -0.2) is 4.98 Å². The fraction of sp³-hybridized carbons (Fsp3) is 0.304. The van der Waals surface area contributed by atoms with E-state index in [1.54, 1.807) is 11.3 Å². The van der Waals surface area contributed by atoms with Crippen LogP contribution in [0.1, 0.15) is 10.6 Å². The monoisotopic (exact) mass is 460 g/mol. The largest absolute Gasteiger partial charge is 0.416 e. The number of thiazole rings is 1. The third-order valence-corrected chi connectivity index (χ3v) is 6.12. The van der Waals surface area contributed by atoms with E-state index in [1.807, 2.05) is 35.2 Å². The molecule has 168 valence electrons. The molecular weight excluding hydrogens is 437 g/mol. The second-order valence-electron chi connectivity index (χ2n) is 7.67. The van der Waals surface area contributed by atoms with E-state index < -0.39 is 11.7 Å². The lowest BCUT2D eigenvalue weighted by atomic mass is 10.2. The summed E-state index contributed by atoms with van der Waals surface area (Å²) in [5.74, 6) is -0.315. The predicted molar refractivity (Wildman–Crippen MR) is 119 cm³/mol. The van der Waals surface area contributed by atoms with E-state index in [0.717, 1.165) is 48.0 Å². The summed E-state index contributed by atoms with van der Waals surface area (Å²) < 4.78 is 38.5. The van der Waals surface area contributed by atoms with Gasteiger partial charge in [0.25, 0.3) is 0 Å². The summed E-state index contributed by atoms with van der Waals surface area (Å²) in [6.45, 7) is 3.95. The molecule has 2 heterocycles. The Balaban J connectivity index is 1.24. The van der Waals surface area contributed by atoms with Crippen LogP contribution in [0.15, 0.2) is 60.0 Å². The van der Waals surface area contributed by atoms with Crippen LogP contribution in [0, 0.1) is 0 Å². The van der Waals surface area contributed by atoms with Crippen LogP contribution in [0.2, 0.25) is 0 Å². The molecule has 32 heavy (non-hydrogen) atoms. The standard InChI is InChI=1S/C23H23F3N4OS/c24-23(25,26)18-7-4-8-19(13-18)27-21(31)14-29-9-11-30(12-10-29)15-22-28-20(16-32-22)17-5-2-1-3-6-17/h1-8,13,16H,9-12,14-15H2,(H,27,31). The Morgan fingerprint density at radius 3 is 2.44 bits per heavy atom. The van der Waals surface area contributed by atoms with Crippen molar-refractivity contribution in [1.82, 2.24) is 14.8 Å². The summed E-state index contributed by atoms with van der Waals surface area (Å²) in [7, 11) is 0. The molecule has 1 aliphatic rings. The molecule has 0 bridgehead atoms. The second-order valence-corrected chi connectivity index (χ2v) is 8.61. The molecule has 0 unspecified atom stereocenters. The highest BCUT2D eigenvalue weighted by Gasteiger charge is 2.30. The number of halogens is 3. The van der Waals surface area contributed by atoms with Gasteiger partial charge in [0.15, 0.2) is 0 Å². The topological polar surface area (TPSA) is 48.5 Å². The Bertz CT molecular complexity index is 1050. The van der Waals surface area contributed by atoms with E-state index in [0.29, 0.717) is 13.1 Å². The summed E-state index contributed by atoms with van der Waals surface area (Å²) in [5, 5.41) is 5.69. The molecule has 9 heteroatoms. The third-order valence-electron chi connectivity index (χ3n) is 5.29. The Morgan fingerprint density at radius 2 is 1.72 bits per heavy atom. The molecule has 1 aliphatic heterocycles.